The van der Waals surface area contributed by atoms with Crippen LogP contribution in [-0.4, -0.2) is 48.0 Å². The first-order valence-corrected chi connectivity index (χ1v) is 9.52. The topological polar surface area (TPSA) is 32.8 Å². The number of likely N-dealkylation sites (N-methyl/N-ethyl adjacent to an activating group) is 1. The number of carbonyl (C=O) groups excluding carboxylic acids is 1. The van der Waals surface area contributed by atoms with Crippen LogP contribution in [0.15, 0.2) is 54.6 Å². The SMILES string of the molecule is CCN(Cc1ccccc1)C(=O)[C@@H](C)N1CCO[C@H](c2ccc(F)cc2)C1. The van der Waals surface area contributed by atoms with Crippen molar-refractivity contribution in [3.8, 4) is 0 Å². The summed E-state index contributed by atoms with van der Waals surface area (Å²) in [7, 11) is 0. The molecule has 144 valence electrons. The summed E-state index contributed by atoms with van der Waals surface area (Å²) in [6, 6.07) is 16.2. The molecule has 27 heavy (non-hydrogen) atoms. The Morgan fingerprint density at radius 2 is 1.93 bits per heavy atom. The van der Waals surface area contributed by atoms with Crippen LogP contribution in [0.1, 0.15) is 31.1 Å². The van der Waals surface area contributed by atoms with Gasteiger partial charge in [-0.1, -0.05) is 42.5 Å². The van der Waals surface area contributed by atoms with E-state index in [1.807, 2.05) is 49.1 Å². The van der Waals surface area contributed by atoms with Crippen LogP contribution in [0.25, 0.3) is 0 Å². The van der Waals surface area contributed by atoms with Crippen LogP contribution in [0.3, 0.4) is 0 Å². The van der Waals surface area contributed by atoms with E-state index in [2.05, 4.69) is 4.90 Å². The molecule has 0 spiro atoms. The van der Waals surface area contributed by atoms with E-state index in [0.29, 0.717) is 32.8 Å². The highest BCUT2D eigenvalue weighted by Crippen LogP contribution is 2.24. The molecule has 2 aromatic rings. The minimum absolute atomic E-state index is 0.126. The van der Waals surface area contributed by atoms with Gasteiger partial charge in [0.05, 0.1) is 18.8 Å². The number of ether oxygens (including phenoxy) is 1. The summed E-state index contributed by atoms with van der Waals surface area (Å²) in [5.41, 5.74) is 2.07. The Labute approximate surface area is 160 Å². The maximum absolute atomic E-state index is 13.2. The minimum Gasteiger partial charge on any atom is -0.371 e. The lowest BCUT2D eigenvalue weighted by molar-refractivity contribution is -0.140. The second kappa shape index (κ2) is 9.11. The van der Waals surface area contributed by atoms with Crippen molar-refractivity contribution in [2.75, 3.05) is 26.2 Å². The van der Waals surface area contributed by atoms with Crippen molar-refractivity contribution in [3.05, 3.63) is 71.5 Å². The van der Waals surface area contributed by atoms with Gasteiger partial charge in [-0.05, 0) is 37.1 Å². The van der Waals surface area contributed by atoms with E-state index in [0.717, 1.165) is 11.1 Å². The standard InChI is InChI=1S/C22H27FN2O2/c1-3-24(15-18-7-5-4-6-8-18)22(26)17(2)25-13-14-27-21(16-25)19-9-11-20(23)12-10-19/h4-12,17,21H,3,13-16H2,1-2H3/t17-,21+/m1/s1. The molecule has 2 atom stereocenters. The largest absolute Gasteiger partial charge is 0.371 e. The molecular formula is C22H27FN2O2. The zero-order valence-electron chi connectivity index (χ0n) is 16.0. The molecule has 0 aromatic heterocycles. The Morgan fingerprint density at radius 3 is 2.59 bits per heavy atom. The molecule has 1 aliphatic rings. The Morgan fingerprint density at radius 1 is 1.22 bits per heavy atom. The van der Waals surface area contributed by atoms with Crippen molar-refractivity contribution in [2.24, 2.45) is 0 Å². The Kier molecular flexibility index (Phi) is 6.58. The molecular weight excluding hydrogens is 343 g/mol. The van der Waals surface area contributed by atoms with Gasteiger partial charge in [0, 0.05) is 26.2 Å². The summed E-state index contributed by atoms with van der Waals surface area (Å²) in [5.74, 6) is -0.129. The number of halogens is 1. The maximum atomic E-state index is 13.2. The molecule has 2 aromatic carbocycles. The zero-order chi connectivity index (χ0) is 19.2. The highest BCUT2D eigenvalue weighted by Gasteiger charge is 2.30. The molecule has 1 aliphatic heterocycles. The lowest BCUT2D eigenvalue weighted by atomic mass is 10.1. The number of hydrogen-bond donors (Lipinski definition) is 0. The number of benzene rings is 2. The molecule has 0 unspecified atom stereocenters. The Balaban J connectivity index is 1.65. The van der Waals surface area contributed by atoms with E-state index >= 15 is 0 Å². The predicted octanol–water partition coefficient (Wildman–Crippen LogP) is 3.64. The van der Waals surface area contributed by atoms with E-state index in [9.17, 15) is 9.18 Å². The van der Waals surface area contributed by atoms with Gasteiger partial charge < -0.3 is 9.64 Å². The Bertz CT molecular complexity index is 736. The number of carbonyl (C=O) groups is 1. The maximum Gasteiger partial charge on any atom is 0.239 e. The second-order valence-electron chi connectivity index (χ2n) is 6.92. The van der Waals surface area contributed by atoms with Gasteiger partial charge in [-0.25, -0.2) is 4.39 Å². The lowest BCUT2D eigenvalue weighted by Gasteiger charge is -2.38. The number of nitrogens with zero attached hydrogens (tertiary/aromatic N) is 2. The third-order valence-electron chi connectivity index (χ3n) is 5.15. The first-order chi connectivity index (χ1) is 13.1. The predicted molar refractivity (Wildman–Crippen MR) is 104 cm³/mol. The molecule has 0 aliphatic carbocycles. The highest BCUT2D eigenvalue weighted by molar-refractivity contribution is 5.81. The van der Waals surface area contributed by atoms with Gasteiger partial charge >= 0.3 is 0 Å². The molecule has 0 radical (unpaired) electrons. The van der Waals surface area contributed by atoms with Crippen LogP contribution >= 0.6 is 0 Å². The summed E-state index contributed by atoms with van der Waals surface area (Å²) in [4.78, 5) is 17.1. The highest BCUT2D eigenvalue weighted by atomic mass is 19.1. The smallest absolute Gasteiger partial charge is 0.239 e. The molecule has 4 nitrogen and oxygen atoms in total. The third-order valence-corrected chi connectivity index (χ3v) is 5.15. The van der Waals surface area contributed by atoms with Crippen molar-refractivity contribution < 1.29 is 13.9 Å². The monoisotopic (exact) mass is 370 g/mol. The van der Waals surface area contributed by atoms with Crippen LogP contribution in [-0.2, 0) is 16.1 Å². The van der Waals surface area contributed by atoms with Crippen molar-refractivity contribution in [1.29, 1.82) is 0 Å². The molecule has 1 fully saturated rings. The van der Waals surface area contributed by atoms with Gasteiger partial charge in [-0.15, -0.1) is 0 Å². The van der Waals surface area contributed by atoms with Gasteiger partial charge in [0.25, 0.3) is 0 Å². The molecule has 1 heterocycles. The number of morpholine rings is 1. The quantitative estimate of drug-likeness (QED) is 0.778. The number of rotatable bonds is 6. The van der Waals surface area contributed by atoms with Gasteiger partial charge in [-0.3, -0.25) is 9.69 Å². The van der Waals surface area contributed by atoms with Gasteiger partial charge in [0.1, 0.15) is 5.82 Å². The van der Waals surface area contributed by atoms with Crippen molar-refractivity contribution >= 4 is 5.91 Å². The van der Waals surface area contributed by atoms with Crippen LogP contribution < -0.4 is 0 Å². The summed E-state index contributed by atoms with van der Waals surface area (Å²) in [6.45, 7) is 7.16. The van der Waals surface area contributed by atoms with E-state index in [1.54, 1.807) is 12.1 Å². The fourth-order valence-electron chi connectivity index (χ4n) is 3.47. The number of hydrogen-bond acceptors (Lipinski definition) is 3. The van der Waals surface area contributed by atoms with Crippen LogP contribution in [0, 0.1) is 5.82 Å². The molecule has 1 saturated heterocycles. The first-order valence-electron chi connectivity index (χ1n) is 9.52. The lowest BCUT2D eigenvalue weighted by Crippen LogP contribution is -2.51. The Hall–Kier alpha value is -2.24. The van der Waals surface area contributed by atoms with Crippen molar-refractivity contribution in [2.45, 2.75) is 32.5 Å². The van der Waals surface area contributed by atoms with E-state index in [4.69, 9.17) is 4.74 Å². The summed E-state index contributed by atoms with van der Waals surface area (Å²) < 4.78 is 19.0. The zero-order valence-corrected chi connectivity index (χ0v) is 16.0. The normalized spacial score (nSPS) is 18.9. The fraction of sp³-hybridized carbons (Fsp3) is 0.409. The second-order valence-corrected chi connectivity index (χ2v) is 6.92. The first kappa shape index (κ1) is 19.5. The molecule has 0 bridgehead atoms. The fourth-order valence-corrected chi connectivity index (χ4v) is 3.47. The van der Waals surface area contributed by atoms with Gasteiger partial charge in [-0.2, -0.15) is 0 Å². The summed E-state index contributed by atoms with van der Waals surface area (Å²) in [6.07, 6.45) is -0.140. The van der Waals surface area contributed by atoms with Crippen molar-refractivity contribution in [3.63, 3.8) is 0 Å². The van der Waals surface area contributed by atoms with Gasteiger partial charge in [0.15, 0.2) is 0 Å². The third kappa shape index (κ3) is 4.93. The molecule has 3 rings (SSSR count). The molecule has 0 N–H and O–H groups in total. The van der Waals surface area contributed by atoms with E-state index in [1.165, 1.54) is 12.1 Å². The van der Waals surface area contributed by atoms with E-state index in [-0.39, 0.29) is 23.9 Å². The molecule has 0 saturated carbocycles. The van der Waals surface area contributed by atoms with E-state index < -0.39 is 0 Å². The molecule has 1 amide bonds. The average molecular weight is 370 g/mol. The summed E-state index contributed by atoms with van der Waals surface area (Å²) in [5, 5.41) is 0. The van der Waals surface area contributed by atoms with Crippen LogP contribution in [0.5, 0.6) is 0 Å². The number of amides is 1. The summed E-state index contributed by atoms with van der Waals surface area (Å²) >= 11 is 0. The van der Waals surface area contributed by atoms with Crippen molar-refractivity contribution in [1.82, 2.24) is 9.80 Å². The molecule has 5 heteroatoms. The minimum atomic E-state index is -0.255. The average Bonchev–Trinajstić information content (AvgIpc) is 2.72. The van der Waals surface area contributed by atoms with Crippen LogP contribution in [0.2, 0.25) is 0 Å². The van der Waals surface area contributed by atoms with Crippen LogP contribution in [0.4, 0.5) is 4.39 Å². The van der Waals surface area contributed by atoms with Gasteiger partial charge in [0.2, 0.25) is 5.91 Å².